The standard InChI is InChI=1S/C5H5PS/c7-5-3-1-2-4-6-5/h1-4,7H. The van der Waals surface area contributed by atoms with Crippen molar-refractivity contribution in [2.24, 2.45) is 0 Å². The third-order valence-corrected chi connectivity index (χ3v) is 1.88. The second kappa shape index (κ2) is 2.34. The molecule has 0 aliphatic rings. The molecule has 0 nitrogen and oxygen atoms in total. The van der Waals surface area contributed by atoms with Gasteiger partial charge in [0.1, 0.15) is 0 Å². The lowest BCUT2D eigenvalue weighted by atomic mass is 10.6. The molecule has 0 saturated heterocycles. The van der Waals surface area contributed by atoms with E-state index in [9.17, 15) is 0 Å². The largest absolute Gasteiger partial charge is 0.139 e. The highest BCUT2D eigenvalue weighted by Crippen LogP contribution is 2.15. The Bertz CT molecular complexity index is 138. The summed E-state index contributed by atoms with van der Waals surface area (Å²) >= 11 is 4.13. The molecule has 1 aromatic heterocycles. The first-order valence-corrected chi connectivity index (χ1v) is 3.40. The highest BCUT2D eigenvalue weighted by Gasteiger charge is 1.74. The van der Waals surface area contributed by atoms with Crippen molar-refractivity contribution in [2.45, 2.75) is 4.63 Å². The zero-order chi connectivity index (χ0) is 5.11. The van der Waals surface area contributed by atoms with Gasteiger partial charge in [0.05, 0.1) is 0 Å². The van der Waals surface area contributed by atoms with E-state index in [1.165, 1.54) is 8.19 Å². The average Bonchev–Trinajstić information content (AvgIpc) is 1.69. The van der Waals surface area contributed by atoms with Crippen molar-refractivity contribution >= 4 is 20.8 Å². The van der Waals surface area contributed by atoms with Gasteiger partial charge in [0, 0.05) is 4.63 Å². The van der Waals surface area contributed by atoms with Crippen LogP contribution < -0.4 is 0 Å². The summed E-state index contributed by atoms with van der Waals surface area (Å²) in [6.45, 7) is 0. The summed E-state index contributed by atoms with van der Waals surface area (Å²) in [5.74, 6) is 2.06. The van der Waals surface area contributed by atoms with Crippen molar-refractivity contribution < 1.29 is 0 Å². The first-order valence-electron chi connectivity index (χ1n) is 1.99. The van der Waals surface area contributed by atoms with E-state index >= 15 is 0 Å². The monoisotopic (exact) mass is 128 g/mol. The second-order valence-corrected chi connectivity index (χ2v) is 3.06. The van der Waals surface area contributed by atoms with Crippen LogP contribution in [0.1, 0.15) is 0 Å². The van der Waals surface area contributed by atoms with Gasteiger partial charge in [-0.1, -0.05) is 20.3 Å². The van der Waals surface area contributed by atoms with Crippen molar-refractivity contribution in [2.75, 3.05) is 0 Å². The van der Waals surface area contributed by atoms with E-state index < -0.39 is 0 Å². The number of thiol groups is 1. The smallest absolute Gasteiger partial charge is 0.0314 e. The molecule has 1 heterocycles. The Morgan fingerprint density at radius 2 is 2.29 bits per heavy atom. The molecular weight excluding hydrogens is 123 g/mol. The predicted octanol–water partition coefficient (Wildman–Crippen LogP) is 2.56. The van der Waals surface area contributed by atoms with Crippen LogP contribution in [0.4, 0.5) is 0 Å². The zero-order valence-corrected chi connectivity index (χ0v) is 5.49. The Morgan fingerprint density at radius 3 is 2.57 bits per heavy atom. The fourth-order valence-corrected chi connectivity index (χ4v) is 1.15. The van der Waals surface area contributed by atoms with Crippen molar-refractivity contribution in [1.82, 2.24) is 0 Å². The molecule has 0 atom stereocenters. The van der Waals surface area contributed by atoms with Gasteiger partial charge in [0.15, 0.2) is 0 Å². The molecule has 0 saturated carbocycles. The lowest BCUT2D eigenvalue weighted by Crippen LogP contribution is -1.48. The van der Waals surface area contributed by atoms with Gasteiger partial charge < -0.3 is 0 Å². The maximum Gasteiger partial charge on any atom is 0.0314 e. The Hall–Kier alpha value is -0.0000000000000000555. The molecule has 0 radical (unpaired) electrons. The summed E-state index contributed by atoms with van der Waals surface area (Å²) in [6, 6.07) is 5.99. The predicted molar refractivity (Wildman–Crippen MR) is 36.2 cm³/mol. The molecule has 0 bridgehead atoms. The molecule has 2 heteroatoms. The van der Waals surface area contributed by atoms with Crippen LogP contribution in [0.3, 0.4) is 0 Å². The molecule has 0 N–H and O–H groups in total. The Labute approximate surface area is 50.1 Å². The summed E-state index contributed by atoms with van der Waals surface area (Å²) in [4.78, 5) is 0. The molecule has 1 aromatic rings. The highest BCUT2D eigenvalue weighted by atomic mass is 32.1. The summed E-state index contributed by atoms with van der Waals surface area (Å²) in [5.41, 5.74) is 0. The Morgan fingerprint density at radius 1 is 1.43 bits per heavy atom. The van der Waals surface area contributed by atoms with E-state index in [1.807, 2.05) is 18.2 Å². The highest BCUT2D eigenvalue weighted by molar-refractivity contribution is 7.83. The molecule has 36 valence electrons. The normalized spacial score (nSPS) is 9.86. The minimum atomic E-state index is 1.11. The van der Waals surface area contributed by atoms with Gasteiger partial charge in [-0.2, -0.15) is 0 Å². The van der Waals surface area contributed by atoms with Crippen LogP contribution in [-0.2, 0) is 0 Å². The minimum Gasteiger partial charge on any atom is -0.139 e. The topological polar surface area (TPSA) is 0 Å². The van der Waals surface area contributed by atoms with Crippen LogP contribution >= 0.6 is 20.8 Å². The molecule has 0 aliphatic heterocycles. The maximum atomic E-state index is 4.13. The summed E-state index contributed by atoms with van der Waals surface area (Å²) in [6.07, 6.45) is 0. The molecule has 1 rings (SSSR count). The van der Waals surface area contributed by atoms with Gasteiger partial charge in [-0.05, 0) is 11.9 Å². The van der Waals surface area contributed by atoms with Crippen LogP contribution in [0.25, 0.3) is 0 Å². The number of rotatable bonds is 0. The first kappa shape index (κ1) is 5.14. The fraction of sp³-hybridized carbons (Fsp3) is 0. The molecule has 0 amide bonds. The summed E-state index contributed by atoms with van der Waals surface area (Å²) < 4.78 is 1.11. The van der Waals surface area contributed by atoms with Gasteiger partial charge >= 0.3 is 0 Å². The van der Waals surface area contributed by atoms with Gasteiger partial charge in [0.2, 0.25) is 0 Å². The van der Waals surface area contributed by atoms with E-state index in [0.717, 1.165) is 4.63 Å². The van der Waals surface area contributed by atoms with Crippen molar-refractivity contribution in [3.05, 3.63) is 24.0 Å². The van der Waals surface area contributed by atoms with Crippen LogP contribution in [0.5, 0.6) is 0 Å². The molecule has 0 aromatic carbocycles. The number of hydrogen-bond donors (Lipinski definition) is 1. The van der Waals surface area contributed by atoms with E-state index in [4.69, 9.17) is 0 Å². The van der Waals surface area contributed by atoms with Crippen LogP contribution in [-0.4, -0.2) is 0 Å². The summed E-state index contributed by atoms with van der Waals surface area (Å²) in [5, 5.41) is 0. The maximum absolute atomic E-state index is 4.13. The molecule has 7 heavy (non-hydrogen) atoms. The van der Waals surface area contributed by atoms with Crippen molar-refractivity contribution in [3.63, 3.8) is 0 Å². The van der Waals surface area contributed by atoms with Gasteiger partial charge in [0.25, 0.3) is 0 Å². The summed E-state index contributed by atoms with van der Waals surface area (Å²) in [7, 11) is 1.21. The Kier molecular flexibility index (Phi) is 1.72. The fourth-order valence-electron chi connectivity index (χ4n) is 0.354. The van der Waals surface area contributed by atoms with Gasteiger partial charge in [-0.3, -0.25) is 0 Å². The molecule has 0 fully saturated rings. The van der Waals surface area contributed by atoms with Crippen molar-refractivity contribution in [1.29, 1.82) is 0 Å². The number of hydrogen-bond acceptors (Lipinski definition) is 1. The SMILES string of the molecule is Sc1ccccp1. The minimum absolute atomic E-state index is 1.11. The molecular formula is C5H5PS. The molecule has 0 aliphatic carbocycles. The van der Waals surface area contributed by atoms with E-state index in [-0.39, 0.29) is 0 Å². The molecule has 0 spiro atoms. The lowest BCUT2D eigenvalue weighted by molar-refractivity contribution is 1.69. The van der Waals surface area contributed by atoms with E-state index in [2.05, 4.69) is 18.4 Å². The van der Waals surface area contributed by atoms with Crippen LogP contribution in [0.15, 0.2) is 28.6 Å². The third kappa shape index (κ3) is 1.50. The quantitative estimate of drug-likeness (QED) is 0.510. The van der Waals surface area contributed by atoms with E-state index in [1.54, 1.807) is 0 Å². The average molecular weight is 128 g/mol. The Balaban J connectivity index is 3.02. The second-order valence-electron chi connectivity index (χ2n) is 1.19. The van der Waals surface area contributed by atoms with Crippen LogP contribution in [0, 0.1) is 0 Å². The molecule has 0 unspecified atom stereocenters. The van der Waals surface area contributed by atoms with Gasteiger partial charge in [-0.25, -0.2) is 0 Å². The zero-order valence-electron chi connectivity index (χ0n) is 3.70. The van der Waals surface area contributed by atoms with Crippen molar-refractivity contribution in [3.8, 4) is 0 Å². The van der Waals surface area contributed by atoms with Gasteiger partial charge in [-0.15, -0.1) is 12.6 Å². The third-order valence-electron chi connectivity index (χ3n) is 0.649. The van der Waals surface area contributed by atoms with E-state index in [0.29, 0.717) is 0 Å². The van der Waals surface area contributed by atoms with Crippen LogP contribution in [0.2, 0.25) is 0 Å². The first-order chi connectivity index (χ1) is 3.39. The lowest BCUT2D eigenvalue weighted by Gasteiger charge is -1.80.